The zero-order valence-electron chi connectivity index (χ0n) is 17.8. The van der Waals surface area contributed by atoms with E-state index in [-0.39, 0.29) is 12.3 Å². The molecule has 31 heavy (non-hydrogen) atoms. The molecule has 4 rings (SSSR count). The highest BCUT2D eigenvalue weighted by Gasteiger charge is 2.15. The van der Waals surface area contributed by atoms with Crippen molar-refractivity contribution >= 4 is 20.8 Å². The highest BCUT2D eigenvalue weighted by atomic mass is 32.2. The van der Waals surface area contributed by atoms with Crippen molar-refractivity contribution in [2.75, 3.05) is 0 Å². The molecule has 1 N–H and O–H groups in total. The van der Waals surface area contributed by atoms with Crippen LogP contribution in [0.15, 0.2) is 78.9 Å². The van der Waals surface area contributed by atoms with Crippen LogP contribution >= 0.6 is 0 Å². The third kappa shape index (κ3) is 5.40. The van der Waals surface area contributed by atoms with Gasteiger partial charge in [-0.25, -0.2) is 17.8 Å². The number of sulfonamides is 1. The quantitative estimate of drug-likeness (QED) is 0.432. The Morgan fingerprint density at radius 2 is 1.61 bits per heavy atom. The molecule has 160 valence electrons. The van der Waals surface area contributed by atoms with Crippen molar-refractivity contribution in [3.8, 4) is 5.69 Å². The standard InChI is InChI=1S/C25H27N3O2S/c1-19(2)14-25-16-23(27-28(25)24-10-4-3-5-11-24)17-26-31(29,30)18-20-12-13-21-8-6-7-9-22(21)15-20/h3-13,15-16,19,26H,14,17-18H2,1-2H3. The summed E-state index contributed by atoms with van der Waals surface area (Å²) in [6.07, 6.45) is 0.867. The lowest BCUT2D eigenvalue weighted by atomic mass is 10.1. The van der Waals surface area contributed by atoms with Crippen LogP contribution in [0.1, 0.15) is 30.8 Å². The maximum Gasteiger partial charge on any atom is 0.216 e. The molecule has 6 heteroatoms. The normalized spacial score (nSPS) is 12.0. The number of hydrogen-bond donors (Lipinski definition) is 1. The topological polar surface area (TPSA) is 64.0 Å². The van der Waals surface area contributed by atoms with E-state index in [4.69, 9.17) is 0 Å². The van der Waals surface area contributed by atoms with Crippen LogP contribution in [-0.2, 0) is 28.7 Å². The summed E-state index contributed by atoms with van der Waals surface area (Å²) in [4.78, 5) is 0. The molecule has 0 saturated heterocycles. The van der Waals surface area contributed by atoms with Gasteiger partial charge < -0.3 is 0 Å². The van der Waals surface area contributed by atoms with Crippen molar-refractivity contribution in [2.24, 2.45) is 5.92 Å². The van der Waals surface area contributed by atoms with Crippen molar-refractivity contribution in [2.45, 2.75) is 32.6 Å². The van der Waals surface area contributed by atoms with Gasteiger partial charge in [0.15, 0.2) is 0 Å². The van der Waals surface area contributed by atoms with Gasteiger partial charge in [-0.15, -0.1) is 0 Å². The summed E-state index contributed by atoms with van der Waals surface area (Å²) in [6.45, 7) is 4.49. The van der Waals surface area contributed by atoms with Gasteiger partial charge in [0.25, 0.3) is 0 Å². The second-order valence-electron chi connectivity index (χ2n) is 8.23. The van der Waals surface area contributed by atoms with Gasteiger partial charge in [-0.1, -0.05) is 74.5 Å². The monoisotopic (exact) mass is 433 g/mol. The van der Waals surface area contributed by atoms with Crippen LogP contribution in [0, 0.1) is 5.92 Å². The predicted molar refractivity (Wildman–Crippen MR) is 126 cm³/mol. The number of nitrogens with zero attached hydrogens (tertiary/aromatic N) is 2. The Balaban J connectivity index is 1.50. The SMILES string of the molecule is CC(C)Cc1cc(CNS(=O)(=O)Cc2ccc3ccccc3c2)nn1-c1ccccc1. The molecule has 0 aliphatic heterocycles. The number of hydrogen-bond acceptors (Lipinski definition) is 3. The summed E-state index contributed by atoms with van der Waals surface area (Å²) in [5.41, 5.74) is 3.52. The number of aromatic nitrogens is 2. The van der Waals surface area contributed by atoms with E-state index < -0.39 is 10.0 Å². The Labute approximate surface area is 183 Å². The zero-order chi connectivity index (χ0) is 21.8. The van der Waals surface area contributed by atoms with E-state index in [2.05, 4.69) is 23.7 Å². The minimum atomic E-state index is -3.49. The van der Waals surface area contributed by atoms with Gasteiger partial charge in [-0.3, -0.25) is 0 Å². The number of para-hydroxylation sites is 1. The van der Waals surface area contributed by atoms with Gasteiger partial charge in [-0.05, 0) is 46.9 Å². The molecule has 0 amide bonds. The van der Waals surface area contributed by atoms with Gasteiger partial charge in [-0.2, -0.15) is 5.10 Å². The number of rotatable bonds is 8. The number of fused-ring (bicyclic) bond motifs is 1. The van der Waals surface area contributed by atoms with Crippen LogP contribution in [0.2, 0.25) is 0 Å². The minimum absolute atomic E-state index is 0.0594. The lowest BCUT2D eigenvalue weighted by molar-refractivity contribution is 0.579. The second-order valence-corrected chi connectivity index (χ2v) is 10.0. The van der Waals surface area contributed by atoms with E-state index in [9.17, 15) is 8.42 Å². The average molecular weight is 434 g/mol. The molecular weight excluding hydrogens is 406 g/mol. The largest absolute Gasteiger partial charge is 0.238 e. The first-order chi connectivity index (χ1) is 14.9. The molecule has 1 aromatic heterocycles. The fourth-order valence-corrected chi connectivity index (χ4v) is 4.79. The lowest BCUT2D eigenvalue weighted by Crippen LogP contribution is -2.25. The maximum atomic E-state index is 12.7. The van der Waals surface area contributed by atoms with Crippen LogP contribution in [0.25, 0.3) is 16.5 Å². The smallest absolute Gasteiger partial charge is 0.216 e. The van der Waals surface area contributed by atoms with Gasteiger partial charge in [0.1, 0.15) is 0 Å². The average Bonchev–Trinajstić information content (AvgIpc) is 3.15. The Hall–Kier alpha value is -2.96. The first-order valence-corrected chi connectivity index (χ1v) is 12.1. The molecule has 0 saturated carbocycles. The molecule has 4 aromatic rings. The Kier molecular flexibility index (Phi) is 6.20. The highest BCUT2D eigenvalue weighted by Crippen LogP contribution is 2.18. The third-order valence-corrected chi connectivity index (χ3v) is 6.39. The second kappa shape index (κ2) is 9.04. The molecule has 3 aromatic carbocycles. The van der Waals surface area contributed by atoms with Gasteiger partial charge in [0, 0.05) is 5.69 Å². The van der Waals surface area contributed by atoms with Crippen LogP contribution in [0.5, 0.6) is 0 Å². The fraction of sp³-hybridized carbons (Fsp3) is 0.240. The summed E-state index contributed by atoms with van der Waals surface area (Å²) in [7, 11) is -3.49. The van der Waals surface area contributed by atoms with Crippen molar-refractivity contribution in [1.29, 1.82) is 0 Å². The summed E-state index contributed by atoms with van der Waals surface area (Å²) < 4.78 is 30.0. The molecule has 0 bridgehead atoms. The first-order valence-electron chi connectivity index (χ1n) is 10.5. The van der Waals surface area contributed by atoms with Gasteiger partial charge in [0.2, 0.25) is 10.0 Å². The molecular formula is C25H27N3O2S. The van der Waals surface area contributed by atoms with E-state index >= 15 is 0 Å². The number of benzene rings is 3. The molecule has 0 spiro atoms. The van der Waals surface area contributed by atoms with E-state index in [1.165, 1.54) is 0 Å². The lowest BCUT2D eigenvalue weighted by Gasteiger charge is -2.09. The van der Waals surface area contributed by atoms with Gasteiger partial charge >= 0.3 is 0 Å². The third-order valence-electron chi connectivity index (χ3n) is 5.10. The minimum Gasteiger partial charge on any atom is -0.238 e. The van der Waals surface area contributed by atoms with E-state index in [0.29, 0.717) is 11.6 Å². The highest BCUT2D eigenvalue weighted by molar-refractivity contribution is 7.88. The summed E-state index contributed by atoms with van der Waals surface area (Å²) in [6, 6.07) is 25.6. The molecule has 0 aliphatic rings. The van der Waals surface area contributed by atoms with E-state index in [1.54, 1.807) is 0 Å². The molecule has 1 heterocycles. The van der Waals surface area contributed by atoms with Crippen LogP contribution in [0.4, 0.5) is 0 Å². The Bertz CT molecular complexity index is 1280. The molecule has 0 fully saturated rings. The zero-order valence-corrected chi connectivity index (χ0v) is 18.6. The van der Waals surface area contributed by atoms with Crippen LogP contribution in [0.3, 0.4) is 0 Å². The van der Waals surface area contributed by atoms with E-state index in [0.717, 1.165) is 34.1 Å². The van der Waals surface area contributed by atoms with Crippen LogP contribution < -0.4 is 4.72 Å². The van der Waals surface area contributed by atoms with Crippen molar-refractivity contribution in [1.82, 2.24) is 14.5 Å². The molecule has 0 unspecified atom stereocenters. The summed E-state index contributed by atoms with van der Waals surface area (Å²) in [5, 5.41) is 6.81. The van der Waals surface area contributed by atoms with Crippen molar-refractivity contribution in [3.05, 3.63) is 95.8 Å². The fourth-order valence-electron chi connectivity index (χ4n) is 3.70. The predicted octanol–water partition coefficient (Wildman–Crippen LogP) is 4.84. The molecule has 0 aliphatic carbocycles. The molecule has 0 radical (unpaired) electrons. The van der Waals surface area contributed by atoms with Crippen molar-refractivity contribution < 1.29 is 8.42 Å². The summed E-state index contributed by atoms with van der Waals surface area (Å²) >= 11 is 0. The maximum absolute atomic E-state index is 12.7. The summed E-state index contributed by atoms with van der Waals surface area (Å²) in [5.74, 6) is 0.410. The van der Waals surface area contributed by atoms with E-state index in [1.807, 2.05) is 83.5 Å². The molecule has 5 nitrogen and oxygen atoms in total. The number of nitrogens with one attached hydrogen (secondary N) is 1. The Morgan fingerprint density at radius 3 is 2.35 bits per heavy atom. The molecule has 0 atom stereocenters. The van der Waals surface area contributed by atoms with Crippen LogP contribution in [-0.4, -0.2) is 18.2 Å². The van der Waals surface area contributed by atoms with Crippen molar-refractivity contribution in [3.63, 3.8) is 0 Å². The first kappa shape index (κ1) is 21.3. The van der Waals surface area contributed by atoms with Gasteiger partial charge in [0.05, 0.1) is 23.7 Å². The Morgan fingerprint density at radius 1 is 0.903 bits per heavy atom.